The van der Waals surface area contributed by atoms with Crippen LogP contribution in [0.1, 0.15) is 34.3 Å². The van der Waals surface area contributed by atoms with Crippen LogP contribution in [0.15, 0.2) is 72.1 Å². The molecule has 2 aromatic carbocycles. The molecule has 6 nitrogen and oxygen atoms in total. The summed E-state index contributed by atoms with van der Waals surface area (Å²) < 4.78 is 1.76. The maximum Gasteiger partial charge on any atom is 0.264 e. The van der Waals surface area contributed by atoms with Crippen LogP contribution in [0, 0.1) is 13.8 Å². The smallest absolute Gasteiger partial charge is 0.264 e. The summed E-state index contributed by atoms with van der Waals surface area (Å²) in [5.41, 5.74) is 4.63. The highest BCUT2D eigenvalue weighted by atomic mass is 32.1. The molecule has 0 unspecified atom stereocenters. The number of rotatable bonds is 8. The second kappa shape index (κ2) is 10.5. The molecule has 7 heteroatoms. The van der Waals surface area contributed by atoms with E-state index >= 15 is 0 Å². The van der Waals surface area contributed by atoms with Gasteiger partial charge in [0.2, 0.25) is 5.91 Å². The molecule has 0 spiro atoms. The summed E-state index contributed by atoms with van der Waals surface area (Å²) >= 11 is 1.38. The van der Waals surface area contributed by atoms with Crippen molar-refractivity contribution in [3.05, 3.63) is 88.2 Å². The van der Waals surface area contributed by atoms with Gasteiger partial charge in [-0.3, -0.25) is 9.59 Å². The monoisotopic (exact) mass is 472 g/mol. The first-order chi connectivity index (χ1) is 16.5. The number of aromatic nitrogens is 2. The predicted molar refractivity (Wildman–Crippen MR) is 138 cm³/mol. The number of carbonyl (C=O) groups is 2. The first-order valence-corrected chi connectivity index (χ1v) is 12.2. The molecule has 2 amide bonds. The molecular weight excluding hydrogens is 444 g/mol. The van der Waals surface area contributed by atoms with Gasteiger partial charge in [-0.05, 0) is 49.4 Å². The Morgan fingerprint density at radius 3 is 2.38 bits per heavy atom. The van der Waals surface area contributed by atoms with Crippen LogP contribution in [0.25, 0.3) is 16.8 Å². The molecule has 0 aliphatic rings. The Kier molecular flexibility index (Phi) is 7.23. The summed E-state index contributed by atoms with van der Waals surface area (Å²) in [5, 5.41) is 9.69. The second-order valence-corrected chi connectivity index (χ2v) is 9.12. The number of aryl methyl sites for hydroxylation is 2. The lowest BCUT2D eigenvalue weighted by atomic mass is 10.1. The number of benzene rings is 2. The van der Waals surface area contributed by atoms with Crippen molar-refractivity contribution < 1.29 is 9.59 Å². The van der Waals surface area contributed by atoms with Gasteiger partial charge in [0.15, 0.2) is 0 Å². The van der Waals surface area contributed by atoms with Crippen LogP contribution in [0.2, 0.25) is 0 Å². The standard InChI is InChI=1S/C27H28N4O2S/c1-4-16-30(27(33)23-11-8-17-34-23)18-24(32)28-26-25(21-9-6-5-7-10-21)20(3)29-31(26)22-14-12-19(2)13-15-22/h5-15,17H,4,16,18H2,1-3H3,(H,28,32). The molecule has 0 fully saturated rings. The van der Waals surface area contributed by atoms with Crippen LogP contribution in [-0.4, -0.2) is 39.6 Å². The van der Waals surface area contributed by atoms with Gasteiger partial charge in [-0.25, -0.2) is 4.68 Å². The summed E-state index contributed by atoms with van der Waals surface area (Å²) in [6, 6.07) is 21.5. The van der Waals surface area contributed by atoms with E-state index in [2.05, 4.69) is 5.32 Å². The number of anilines is 1. The van der Waals surface area contributed by atoms with Gasteiger partial charge >= 0.3 is 0 Å². The lowest BCUT2D eigenvalue weighted by Crippen LogP contribution is -2.38. The molecule has 0 saturated carbocycles. The largest absolute Gasteiger partial charge is 0.329 e. The molecule has 0 atom stereocenters. The van der Waals surface area contributed by atoms with E-state index in [1.54, 1.807) is 15.6 Å². The van der Waals surface area contributed by atoms with E-state index in [0.717, 1.165) is 34.5 Å². The molecule has 0 bridgehead atoms. The highest BCUT2D eigenvalue weighted by molar-refractivity contribution is 7.12. The molecule has 0 aliphatic heterocycles. The van der Waals surface area contributed by atoms with Gasteiger partial charge in [-0.15, -0.1) is 11.3 Å². The van der Waals surface area contributed by atoms with E-state index in [1.807, 2.05) is 86.8 Å². The van der Waals surface area contributed by atoms with Gasteiger partial charge in [0.25, 0.3) is 5.91 Å². The zero-order chi connectivity index (χ0) is 24.1. The Morgan fingerprint density at radius 1 is 1.00 bits per heavy atom. The summed E-state index contributed by atoms with van der Waals surface area (Å²) in [6.45, 7) is 6.44. The molecule has 174 valence electrons. The number of nitrogens with one attached hydrogen (secondary N) is 1. The minimum atomic E-state index is -0.260. The topological polar surface area (TPSA) is 67.2 Å². The number of thiophene rings is 1. The molecule has 4 rings (SSSR count). The zero-order valence-electron chi connectivity index (χ0n) is 19.6. The number of amides is 2. The SMILES string of the molecule is CCCN(CC(=O)Nc1c(-c2ccccc2)c(C)nn1-c1ccc(C)cc1)C(=O)c1cccs1. The first-order valence-electron chi connectivity index (χ1n) is 11.3. The van der Waals surface area contributed by atoms with E-state index in [1.165, 1.54) is 11.3 Å². The van der Waals surface area contributed by atoms with E-state index in [9.17, 15) is 9.59 Å². The Labute approximate surface area is 203 Å². The Morgan fingerprint density at radius 2 is 1.74 bits per heavy atom. The average Bonchev–Trinajstić information content (AvgIpc) is 3.48. The van der Waals surface area contributed by atoms with Gasteiger partial charge in [-0.1, -0.05) is 61.0 Å². The fourth-order valence-electron chi connectivity index (χ4n) is 3.89. The van der Waals surface area contributed by atoms with Crippen LogP contribution in [0.4, 0.5) is 5.82 Å². The van der Waals surface area contributed by atoms with Crippen LogP contribution in [-0.2, 0) is 4.79 Å². The van der Waals surface area contributed by atoms with Gasteiger partial charge in [0, 0.05) is 12.1 Å². The van der Waals surface area contributed by atoms with Crippen molar-refractivity contribution in [1.82, 2.24) is 14.7 Å². The van der Waals surface area contributed by atoms with Gasteiger partial charge in [-0.2, -0.15) is 5.10 Å². The molecular formula is C27H28N4O2S. The first kappa shape index (κ1) is 23.4. The molecule has 2 heterocycles. The summed E-state index contributed by atoms with van der Waals surface area (Å²) in [4.78, 5) is 28.4. The van der Waals surface area contributed by atoms with Crippen molar-refractivity contribution >= 4 is 29.0 Å². The average molecular weight is 473 g/mol. The normalized spacial score (nSPS) is 10.8. The number of carbonyl (C=O) groups excluding carboxylic acids is 2. The Balaban J connectivity index is 1.68. The van der Waals surface area contributed by atoms with Crippen LogP contribution in [0.5, 0.6) is 0 Å². The Bertz CT molecular complexity index is 1260. The van der Waals surface area contributed by atoms with E-state index in [4.69, 9.17) is 5.10 Å². The number of nitrogens with zero attached hydrogens (tertiary/aromatic N) is 3. The summed E-state index contributed by atoms with van der Waals surface area (Å²) in [6.07, 6.45) is 0.764. The zero-order valence-corrected chi connectivity index (χ0v) is 20.4. The minimum Gasteiger partial charge on any atom is -0.329 e. The maximum atomic E-state index is 13.3. The molecule has 1 N–H and O–H groups in total. The van der Waals surface area contributed by atoms with Gasteiger partial charge < -0.3 is 10.2 Å². The lowest BCUT2D eigenvalue weighted by molar-refractivity contribution is -0.116. The highest BCUT2D eigenvalue weighted by Crippen LogP contribution is 2.33. The highest BCUT2D eigenvalue weighted by Gasteiger charge is 2.23. The summed E-state index contributed by atoms with van der Waals surface area (Å²) in [7, 11) is 0. The minimum absolute atomic E-state index is 0.0308. The fourth-order valence-corrected chi connectivity index (χ4v) is 4.58. The summed E-state index contributed by atoms with van der Waals surface area (Å²) in [5.74, 6) is 0.208. The van der Waals surface area contributed by atoms with E-state index in [0.29, 0.717) is 17.2 Å². The third kappa shape index (κ3) is 5.10. The van der Waals surface area contributed by atoms with Crippen LogP contribution < -0.4 is 5.32 Å². The van der Waals surface area contributed by atoms with Crippen LogP contribution >= 0.6 is 11.3 Å². The third-order valence-corrected chi connectivity index (χ3v) is 6.36. The quantitative estimate of drug-likeness (QED) is 0.357. The van der Waals surface area contributed by atoms with Crippen molar-refractivity contribution in [2.24, 2.45) is 0 Å². The van der Waals surface area contributed by atoms with Crippen molar-refractivity contribution in [2.75, 3.05) is 18.4 Å². The molecule has 4 aromatic rings. The maximum absolute atomic E-state index is 13.3. The van der Waals surface area contributed by atoms with Crippen molar-refractivity contribution in [3.63, 3.8) is 0 Å². The number of hydrogen-bond acceptors (Lipinski definition) is 4. The fraction of sp³-hybridized carbons (Fsp3) is 0.222. The van der Waals surface area contributed by atoms with Gasteiger partial charge in [0.1, 0.15) is 12.4 Å². The van der Waals surface area contributed by atoms with E-state index < -0.39 is 0 Å². The molecule has 0 saturated heterocycles. The van der Waals surface area contributed by atoms with Crippen molar-refractivity contribution in [1.29, 1.82) is 0 Å². The number of hydrogen-bond donors (Lipinski definition) is 1. The second-order valence-electron chi connectivity index (χ2n) is 8.17. The Hall–Kier alpha value is -3.71. The molecule has 34 heavy (non-hydrogen) atoms. The van der Waals surface area contributed by atoms with Crippen LogP contribution in [0.3, 0.4) is 0 Å². The molecule has 0 aliphatic carbocycles. The molecule has 2 aromatic heterocycles. The van der Waals surface area contributed by atoms with Crippen molar-refractivity contribution in [3.8, 4) is 16.8 Å². The van der Waals surface area contributed by atoms with E-state index in [-0.39, 0.29) is 18.4 Å². The molecule has 0 radical (unpaired) electrons. The third-order valence-electron chi connectivity index (χ3n) is 5.51. The van der Waals surface area contributed by atoms with Gasteiger partial charge in [0.05, 0.1) is 16.3 Å². The lowest BCUT2D eigenvalue weighted by Gasteiger charge is -2.21. The predicted octanol–water partition coefficient (Wildman–Crippen LogP) is 5.71. The van der Waals surface area contributed by atoms with Crippen molar-refractivity contribution in [2.45, 2.75) is 27.2 Å².